The predicted octanol–water partition coefficient (Wildman–Crippen LogP) is 4.25. The molecule has 21 heavy (non-hydrogen) atoms. The molecule has 6 heteroatoms. The van der Waals surface area contributed by atoms with Gasteiger partial charge in [-0.05, 0) is 48.3 Å². The van der Waals surface area contributed by atoms with E-state index >= 15 is 0 Å². The van der Waals surface area contributed by atoms with Gasteiger partial charge in [-0.2, -0.15) is 0 Å². The van der Waals surface area contributed by atoms with Crippen LogP contribution in [0.25, 0.3) is 0 Å². The topological polar surface area (TPSA) is 51.7 Å². The lowest BCUT2D eigenvalue weighted by Crippen LogP contribution is -2.33. The molecule has 0 unspecified atom stereocenters. The van der Waals surface area contributed by atoms with Crippen molar-refractivity contribution >= 4 is 22.0 Å². The first kappa shape index (κ1) is 19.7. The Hall–Kier alpha value is -1.30. The molecule has 120 valence electrons. The number of pyridine rings is 1. The highest BCUT2D eigenvalue weighted by molar-refractivity contribution is 9.10. The Morgan fingerprint density at radius 3 is 2.43 bits per heavy atom. The Labute approximate surface area is 135 Å². The van der Waals surface area contributed by atoms with Crippen LogP contribution in [0.3, 0.4) is 0 Å². The SMILES string of the molecule is CC.COc1nccc(CN(C)C(=O)OC(C)(C)C)c1Br. The number of rotatable bonds is 3. The van der Waals surface area contributed by atoms with Gasteiger partial charge in [-0.15, -0.1) is 0 Å². The molecule has 0 fully saturated rings. The minimum absolute atomic E-state index is 0.366. The van der Waals surface area contributed by atoms with Gasteiger partial charge in [0, 0.05) is 13.2 Å². The van der Waals surface area contributed by atoms with Gasteiger partial charge >= 0.3 is 6.09 Å². The second-order valence-electron chi connectivity index (χ2n) is 5.13. The van der Waals surface area contributed by atoms with Gasteiger partial charge in [-0.1, -0.05) is 13.8 Å². The van der Waals surface area contributed by atoms with Crippen LogP contribution >= 0.6 is 15.9 Å². The molecule has 0 aliphatic heterocycles. The van der Waals surface area contributed by atoms with Gasteiger partial charge in [0.15, 0.2) is 0 Å². The molecule has 1 heterocycles. The molecule has 0 spiro atoms. The van der Waals surface area contributed by atoms with Crippen molar-refractivity contribution in [3.05, 3.63) is 22.3 Å². The second kappa shape index (κ2) is 8.87. The number of amides is 1. The molecule has 0 radical (unpaired) electrons. The number of ether oxygens (including phenoxy) is 2. The van der Waals surface area contributed by atoms with Crippen LogP contribution in [0.2, 0.25) is 0 Å². The van der Waals surface area contributed by atoms with E-state index in [4.69, 9.17) is 9.47 Å². The predicted molar refractivity (Wildman–Crippen MR) is 87.5 cm³/mol. The van der Waals surface area contributed by atoms with Crippen molar-refractivity contribution in [2.24, 2.45) is 0 Å². The van der Waals surface area contributed by atoms with Crippen molar-refractivity contribution in [3.8, 4) is 5.88 Å². The summed E-state index contributed by atoms with van der Waals surface area (Å²) in [5.74, 6) is 0.495. The van der Waals surface area contributed by atoms with Crippen molar-refractivity contribution in [1.82, 2.24) is 9.88 Å². The third-order valence-corrected chi connectivity index (χ3v) is 3.09. The average molecular weight is 361 g/mol. The van der Waals surface area contributed by atoms with E-state index in [-0.39, 0.29) is 6.09 Å². The molecule has 0 bridgehead atoms. The highest BCUT2D eigenvalue weighted by Gasteiger charge is 2.20. The summed E-state index contributed by atoms with van der Waals surface area (Å²) in [6, 6.07) is 1.83. The molecule has 0 N–H and O–H groups in total. The molecule has 1 aromatic heterocycles. The summed E-state index contributed by atoms with van der Waals surface area (Å²) in [7, 11) is 3.24. The van der Waals surface area contributed by atoms with Gasteiger partial charge in [-0.3, -0.25) is 0 Å². The Morgan fingerprint density at radius 2 is 1.95 bits per heavy atom. The number of methoxy groups -OCH3 is 1. The van der Waals surface area contributed by atoms with E-state index < -0.39 is 5.60 Å². The van der Waals surface area contributed by atoms with Gasteiger partial charge < -0.3 is 14.4 Å². The van der Waals surface area contributed by atoms with E-state index in [1.807, 2.05) is 40.7 Å². The van der Waals surface area contributed by atoms with Crippen molar-refractivity contribution in [2.45, 2.75) is 46.8 Å². The zero-order valence-corrected chi connectivity index (χ0v) is 15.4. The first-order chi connectivity index (χ1) is 9.74. The maximum Gasteiger partial charge on any atom is 0.410 e. The van der Waals surface area contributed by atoms with Gasteiger partial charge in [-0.25, -0.2) is 9.78 Å². The lowest BCUT2D eigenvalue weighted by molar-refractivity contribution is 0.0284. The Kier molecular flexibility index (Phi) is 8.32. The fourth-order valence-electron chi connectivity index (χ4n) is 1.39. The van der Waals surface area contributed by atoms with E-state index in [0.29, 0.717) is 12.4 Å². The van der Waals surface area contributed by atoms with Crippen LogP contribution in [0.1, 0.15) is 40.2 Å². The van der Waals surface area contributed by atoms with Crippen LogP contribution in [0, 0.1) is 0 Å². The van der Waals surface area contributed by atoms with E-state index in [1.54, 1.807) is 20.4 Å². The molecular weight excluding hydrogens is 336 g/mol. The van der Waals surface area contributed by atoms with Crippen LogP contribution in [0.4, 0.5) is 4.79 Å². The lowest BCUT2D eigenvalue weighted by atomic mass is 10.2. The maximum atomic E-state index is 11.9. The molecule has 5 nitrogen and oxygen atoms in total. The molecule has 0 aliphatic rings. The summed E-state index contributed by atoms with van der Waals surface area (Å²) in [5, 5.41) is 0. The minimum atomic E-state index is -0.501. The summed E-state index contributed by atoms with van der Waals surface area (Å²) in [6.45, 7) is 9.92. The van der Waals surface area contributed by atoms with Crippen LogP contribution in [-0.2, 0) is 11.3 Å². The standard InChI is InChI=1S/C13H19BrN2O3.C2H6/c1-13(2,3)19-12(17)16(4)8-9-6-7-15-11(18-5)10(9)14;1-2/h6-7H,8H2,1-5H3;1-2H3. The molecule has 0 saturated heterocycles. The van der Waals surface area contributed by atoms with Crippen LogP contribution in [-0.4, -0.2) is 35.7 Å². The van der Waals surface area contributed by atoms with E-state index in [9.17, 15) is 4.79 Å². The lowest BCUT2D eigenvalue weighted by Gasteiger charge is -2.25. The quantitative estimate of drug-likeness (QED) is 0.808. The molecule has 1 rings (SSSR count). The summed E-state index contributed by atoms with van der Waals surface area (Å²) in [5.41, 5.74) is 0.401. The largest absolute Gasteiger partial charge is 0.480 e. The smallest absolute Gasteiger partial charge is 0.410 e. The number of halogens is 1. The number of aromatic nitrogens is 1. The van der Waals surface area contributed by atoms with E-state index in [2.05, 4.69) is 20.9 Å². The number of hydrogen-bond donors (Lipinski definition) is 0. The molecule has 1 amide bonds. The molecular formula is C15H25BrN2O3. The Bertz CT molecular complexity index is 459. The summed E-state index contributed by atoms with van der Waals surface area (Å²) >= 11 is 3.41. The van der Waals surface area contributed by atoms with Crippen molar-refractivity contribution < 1.29 is 14.3 Å². The molecule has 0 aliphatic carbocycles. The van der Waals surface area contributed by atoms with E-state index in [0.717, 1.165) is 10.0 Å². The fraction of sp³-hybridized carbons (Fsp3) is 0.600. The maximum absolute atomic E-state index is 11.9. The summed E-state index contributed by atoms with van der Waals surface area (Å²) < 4.78 is 11.2. The molecule has 1 aromatic rings. The number of hydrogen-bond acceptors (Lipinski definition) is 4. The highest BCUT2D eigenvalue weighted by Crippen LogP contribution is 2.26. The minimum Gasteiger partial charge on any atom is -0.480 e. The number of nitrogens with zero attached hydrogens (tertiary/aromatic N) is 2. The van der Waals surface area contributed by atoms with Crippen molar-refractivity contribution in [1.29, 1.82) is 0 Å². The summed E-state index contributed by atoms with van der Waals surface area (Å²) in [6.07, 6.45) is 1.28. The second-order valence-corrected chi connectivity index (χ2v) is 5.92. The van der Waals surface area contributed by atoms with Gasteiger partial charge in [0.2, 0.25) is 5.88 Å². The van der Waals surface area contributed by atoms with Crippen LogP contribution in [0.5, 0.6) is 5.88 Å². The zero-order valence-electron chi connectivity index (χ0n) is 13.9. The Balaban J connectivity index is 0.00000191. The third kappa shape index (κ3) is 6.80. The third-order valence-electron chi connectivity index (χ3n) is 2.24. The monoisotopic (exact) mass is 360 g/mol. The first-order valence-electron chi connectivity index (χ1n) is 6.86. The Morgan fingerprint density at radius 1 is 1.38 bits per heavy atom. The first-order valence-corrected chi connectivity index (χ1v) is 7.65. The molecule has 0 atom stereocenters. The molecule has 0 aromatic carbocycles. The van der Waals surface area contributed by atoms with Gasteiger partial charge in [0.05, 0.1) is 18.1 Å². The van der Waals surface area contributed by atoms with Gasteiger partial charge in [0.25, 0.3) is 0 Å². The molecule has 0 saturated carbocycles. The van der Waals surface area contributed by atoms with Crippen molar-refractivity contribution in [3.63, 3.8) is 0 Å². The van der Waals surface area contributed by atoms with Crippen molar-refractivity contribution in [2.75, 3.05) is 14.2 Å². The van der Waals surface area contributed by atoms with E-state index in [1.165, 1.54) is 4.90 Å². The van der Waals surface area contributed by atoms with Gasteiger partial charge in [0.1, 0.15) is 5.60 Å². The number of carbonyl (C=O) groups is 1. The zero-order chi connectivity index (χ0) is 16.6. The van der Waals surface area contributed by atoms with Crippen LogP contribution in [0.15, 0.2) is 16.7 Å². The number of carbonyl (C=O) groups excluding carboxylic acids is 1. The van der Waals surface area contributed by atoms with Crippen LogP contribution < -0.4 is 4.74 Å². The highest BCUT2D eigenvalue weighted by atomic mass is 79.9. The average Bonchev–Trinajstić information content (AvgIpc) is 2.41. The summed E-state index contributed by atoms with van der Waals surface area (Å²) in [4.78, 5) is 17.4. The fourth-order valence-corrected chi connectivity index (χ4v) is 1.91. The normalized spacial score (nSPS) is 10.3.